The highest BCUT2D eigenvalue weighted by molar-refractivity contribution is 7.98. The lowest BCUT2D eigenvalue weighted by Gasteiger charge is -2.37. The summed E-state index contributed by atoms with van der Waals surface area (Å²) in [6.45, 7) is 2.43. The SMILES string of the molecule is O=C(c1csc(CSc2nnc(-c3ccncc3)n2-c2ccccc2Cl)n1)N1CCC2(CC1)OCCO2. The molecular formula is C25H23ClN6O3S2. The lowest BCUT2D eigenvalue weighted by molar-refractivity contribution is -0.181. The molecule has 1 aromatic carbocycles. The number of carbonyl (C=O) groups excluding carboxylic acids is 1. The van der Waals surface area contributed by atoms with Crippen molar-refractivity contribution >= 4 is 40.6 Å². The predicted molar refractivity (Wildman–Crippen MR) is 141 cm³/mol. The number of rotatable bonds is 6. The summed E-state index contributed by atoms with van der Waals surface area (Å²) in [6.07, 6.45) is 4.81. The van der Waals surface area contributed by atoms with E-state index in [4.69, 9.17) is 21.1 Å². The fourth-order valence-corrected chi connectivity index (χ4v) is 6.45. The second-order valence-electron chi connectivity index (χ2n) is 8.64. The van der Waals surface area contributed by atoms with Crippen molar-refractivity contribution in [1.29, 1.82) is 0 Å². The molecule has 0 bridgehead atoms. The van der Waals surface area contributed by atoms with Crippen LogP contribution in [0.1, 0.15) is 28.3 Å². The van der Waals surface area contributed by atoms with Gasteiger partial charge in [-0.1, -0.05) is 35.5 Å². The molecule has 2 fully saturated rings. The third kappa shape index (κ3) is 5.01. The Bertz CT molecular complexity index is 1400. The van der Waals surface area contributed by atoms with Gasteiger partial charge in [-0.15, -0.1) is 21.5 Å². The zero-order chi connectivity index (χ0) is 25.2. The number of thioether (sulfide) groups is 1. The zero-order valence-electron chi connectivity index (χ0n) is 19.7. The van der Waals surface area contributed by atoms with Gasteiger partial charge in [0.15, 0.2) is 16.8 Å². The van der Waals surface area contributed by atoms with E-state index in [9.17, 15) is 4.79 Å². The van der Waals surface area contributed by atoms with Crippen molar-refractivity contribution < 1.29 is 14.3 Å². The van der Waals surface area contributed by atoms with Crippen LogP contribution >= 0.6 is 34.7 Å². The highest BCUT2D eigenvalue weighted by atomic mass is 35.5. The Kier molecular flexibility index (Phi) is 6.96. The monoisotopic (exact) mass is 554 g/mol. The number of amides is 1. The predicted octanol–water partition coefficient (Wildman–Crippen LogP) is 4.71. The van der Waals surface area contributed by atoms with Gasteiger partial charge in [-0.05, 0) is 24.3 Å². The maximum atomic E-state index is 13.1. The average molecular weight is 555 g/mol. The van der Waals surface area contributed by atoms with Gasteiger partial charge in [-0.25, -0.2) is 4.98 Å². The van der Waals surface area contributed by atoms with Gasteiger partial charge in [-0.2, -0.15) is 0 Å². The summed E-state index contributed by atoms with van der Waals surface area (Å²) >= 11 is 9.51. The Hall–Kier alpha value is -2.83. The molecule has 0 radical (unpaired) electrons. The van der Waals surface area contributed by atoms with Crippen LogP contribution in [0, 0.1) is 0 Å². The molecule has 1 amide bonds. The molecule has 37 heavy (non-hydrogen) atoms. The van der Waals surface area contributed by atoms with Crippen molar-refractivity contribution in [2.24, 2.45) is 0 Å². The van der Waals surface area contributed by atoms with E-state index in [1.807, 2.05) is 51.2 Å². The lowest BCUT2D eigenvalue weighted by atomic mass is 10.0. The number of halogens is 1. The Labute approximate surface area is 226 Å². The number of para-hydroxylation sites is 1. The molecule has 2 aliphatic rings. The number of aromatic nitrogens is 5. The molecule has 2 aliphatic heterocycles. The minimum atomic E-state index is -0.507. The largest absolute Gasteiger partial charge is 0.347 e. The number of thiazole rings is 1. The standard InChI is InChI=1S/C25H23ClN6O3S2/c26-18-3-1-2-4-20(18)32-22(17-5-9-27-10-6-17)29-30-24(32)37-16-21-28-19(15-36-21)23(33)31-11-7-25(8-12-31)34-13-14-35-25/h1-6,9-10,15H,7-8,11-14,16H2. The lowest BCUT2D eigenvalue weighted by Crippen LogP contribution is -2.47. The Morgan fingerprint density at radius 1 is 1.08 bits per heavy atom. The first-order valence-corrected chi connectivity index (χ1v) is 14.1. The topological polar surface area (TPSA) is 95.3 Å². The van der Waals surface area contributed by atoms with Gasteiger partial charge in [0.1, 0.15) is 10.7 Å². The number of carbonyl (C=O) groups is 1. The van der Waals surface area contributed by atoms with Crippen LogP contribution in [0.15, 0.2) is 59.3 Å². The van der Waals surface area contributed by atoms with Crippen LogP contribution < -0.4 is 0 Å². The maximum Gasteiger partial charge on any atom is 0.273 e. The molecule has 190 valence electrons. The number of hydrogen-bond donors (Lipinski definition) is 0. The number of pyridine rings is 1. The van der Waals surface area contributed by atoms with E-state index in [-0.39, 0.29) is 5.91 Å². The average Bonchev–Trinajstić information content (AvgIpc) is 3.69. The number of piperidine rings is 1. The first kappa shape index (κ1) is 24.5. The molecule has 0 saturated carbocycles. The highest BCUT2D eigenvalue weighted by Gasteiger charge is 2.41. The second-order valence-corrected chi connectivity index (χ2v) is 10.9. The van der Waals surface area contributed by atoms with Crippen LogP contribution in [0.3, 0.4) is 0 Å². The molecule has 0 N–H and O–H groups in total. The van der Waals surface area contributed by atoms with E-state index in [0.717, 1.165) is 16.3 Å². The van der Waals surface area contributed by atoms with Crippen LogP contribution in [0.5, 0.6) is 0 Å². The summed E-state index contributed by atoms with van der Waals surface area (Å²) < 4.78 is 13.5. The van der Waals surface area contributed by atoms with Crippen molar-refractivity contribution in [3.63, 3.8) is 0 Å². The van der Waals surface area contributed by atoms with Gasteiger partial charge >= 0.3 is 0 Å². The Morgan fingerprint density at radius 3 is 2.59 bits per heavy atom. The molecule has 6 rings (SSSR count). The molecule has 4 aromatic rings. The quantitative estimate of drug-likeness (QED) is 0.316. The minimum Gasteiger partial charge on any atom is -0.347 e. The number of benzene rings is 1. The maximum absolute atomic E-state index is 13.1. The van der Waals surface area contributed by atoms with E-state index < -0.39 is 5.79 Å². The third-order valence-corrected chi connectivity index (χ3v) is 8.68. The first-order valence-electron chi connectivity index (χ1n) is 11.9. The molecule has 0 aliphatic carbocycles. The van der Waals surface area contributed by atoms with Crippen LogP contribution in [0.25, 0.3) is 17.1 Å². The molecular weight excluding hydrogens is 532 g/mol. The van der Waals surface area contributed by atoms with E-state index in [1.54, 1.807) is 12.4 Å². The van der Waals surface area contributed by atoms with Gasteiger partial charge < -0.3 is 14.4 Å². The summed E-state index contributed by atoms with van der Waals surface area (Å²) in [5.41, 5.74) is 2.14. The van der Waals surface area contributed by atoms with Crippen LogP contribution in [0.2, 0.25) is 5.02 Å². The van der Waals surface area contributed by atoms with Gasteiger partial charge in [0.2, 0.25) is 0 Å². The fourth-order valence-electron chi connectivity index (χ4n) is 4.50. The number of ether oxygens (including phenoxy) is 2. The normalized spacial score (nSPS) is 16.9. The van der Waals surface area contributed by atoms with Crippen LogP contribution in [-0.2, 0) is 15.2 Å². The van der Waals surface area contributed by atoms with Crippen molar-refractivity contribution in [2.75, 3.05) is 26.3 Å². The summed E-state index contributed by atoms with van der Waals surface area (Å²) in [5.74, 6) is 0.653. The van der Waals surface area contributed by atoms with E-state index in [1.165, 1.54) is 23.1 Å². The van der Waals surface area contributed by atoms with Crippen LogP contribution in [-0.4, -0.2) is 67.6 Å². The van der Waals surface area contributed by atoms with E-state index in [2.05, 4.69) is 20.2 Å². The van der Waals surface area contributed by atoms with Crippen LogP contribution in [0.4, 0.5) is 0 Å². The van der Waals surface area contributed by atoms with Gasteiger partial charge in [0.25, 0.3) is 5.91 Å². The molecule has 5 heterocycles. The van der Waals surface area contributed by atoms with Gasteiger partial charge in [-0.3, -0.25) is 14.3 Å². The summed E-state index contributed by atoms with van der Waals surface area (Å²) in [6, 6.07) is 11.4. The number of nitrogens with zero attached hydrogens (tertiary/aromatic N) is 6. The summed E-state index contributed by atoms with van der Waals surface area (Å²) in [4.78, 5) is 23.6. The fraction of sp³-hybridized carbons (Fsp3) is 0.320. The Balaban J connectivity index is 1.18. The molecule has 0 atom stereocenters. The third-order valence-electron chi connectivity index (χ3n) is 6.39. The van der Waals surface area contributed by atoms with Crippen molar-refractivity contribution in [1.82, 2.24) is 29.6 Å². The number of hydrogen-bond acceptors (Lipinski definition) is 9. The van der Waals surface area contributed by atoms with E-state index >= 15 is 0 Å². The molecule has 9 nitrogen and oxygen atoms in total. The molecule has 0 unspecified atom stereocenters. The van der Waals surface area contributed by atoms with E-state index in [0.29, 0.717) is 66.6 Å². The highest BCUT2D eigenvalue weighted by Crippen LogP contribution is 2.34. The van der Waals surface area contributed by atoms with Gasteiger partial charge in [0.05, 0.1) is 29.7 Å². The van der Waals surface area contributed by atoms with Crippen molar-refractivity contribution in [3.05, 3.63) is 69.9 Å². The Morgan fingerprint density at radius 2 is 1.84 bits per heavy atom. The second kappa shape index (κ2) is 10.5. The molecule has 1 spiro atoms. The van der Waals surface area contributed by atoms with Crippen molar-refractivity contribution in [3.8, 4) is 17.1 Å². The zero-order valence-corrected chi connectivity index (χ0v) is 22.1. The van der Waals surface area contributed by atoms with Gasteiger partial charge in [0, 0.05) is 49.3 Å². The molecule has 3 aromatic heterocycles. The summed E-state index contributed by atoms with van der Waals surface area (Å²) in [7, 11) is 0. The van der Waals surface area contributed by atoms with Crippen molar-refractivity contribution in [2.45, 2.75) is 29.5 Å². The first-order chi connectivity index (χ1) is 18.1. The molecule has 12 heteroatoms. The summed E-state index contributed by atoms with van der Waals surface area (Å²) in [5, 5.41) is 12.8. The number of likely N-dealkylation sites (tertiary alicyclic amines) is 1. The minimum absolute atomic E-state index is 0.0560. The smallest absolute Gasteiger partial charge is 0.273 e. The molecule has 2 saturated heterocycles.